The van der Waals surface area contributed by atoms with Crippen molar-refractivity contribution in [3.8, 4) is 0 Å². The minimum absolute atomic E-state index is 0.0502. The van der Waals surface area contributed by atoms with Crippen LogP contribution in [-0.4, -0.2) is 31.6 Å². The second kappa shape index (κ2) is 4.97. The van der Waals surface area contributed by atoms with Gasteiger partial charge in [0.2, 0.25) is 0 Å². The van der Waals surface area contributed by atoms with E-state index in [1.807, 2.05) is 12.2 Å². The summed E-state index contributed by atoms with van der Waals surface area (Å²) in [5, 5.41) is 0. The van der Waals surface area contributed by atoms with Crippen LogP contribution in [-0.2, 0) is 19.0 Å². The Morgan fingerprint density at radius 3 is 2.88 bits per heavy atom. The van der Waals surface area contributed by atoms with E-state index in [4.69, 9.17) is 14.2 Å². The van der Waals surface area contributed by atoms with E-state index in [1.165, 1.54) is 0 Å². The highest BCUT2D eigenvalue weighted by Gasteiger charge is 2.41. The lowest BCUT2D eigenvalue weighted by Gasteiger charge is -2.14. The fraction of sp³-hybridized carbons (Fsp3) is 0.750. The minimum Gasteiger partial charge on any atom is -0.438 e. The normalized spacial score (nSPS) is 31.3. The van der Waals surface area contributed by atoms with Crippen molar-refractivity contribution in [2.24, 2.45) is 11.8 Å². The van der Waals surface area contributed by atoms with E-state index in [9.17, 15) is 4.79 Å². The summed E-state index contributed by atoms with van der Waals surface area (Å²) in [7, 11) is 0. The standard InChI is InChI=1S/C12H18O4/c1-8(2)6-14-7-15-12(13)10-5-9-3-4-11(10)16-9/h3-4,8-11H,5-7H2,1-2H3. The van der Waals surface area contributed by atoms with Gasteiger partial charge in [0.25, 0.3) is 0 Å². The highest BCUT2D eigenvalue weighted by atomic mass is 16.7. The molecule has 4 nitrogen and oxygen atoms in total. The maximum Gasteiger partial charge on any atom is 0.314 e. The summed E-state index contributed by atoms with van der Waals surface area (Å²) < 4.78 is 15.8. The Morgan fingerprint density at radius 2 is 2.31 bits per heavy atom. The highest BCUT2D eigenvalue weighted by Crippen LogP contribution is 2.34. The Labute approximate surface area is 95.6 Å². The van der Waals surface area contributed by atoms with Gasteiger partial charge in [0.1, 0.15) is 0 Å². The predicted octanol–water partition coefficient (Wildman–Crippen LogP) is 1.50. The van der Waals surface area contributed by atoms with E-state index >= 15 is 0 Å². The zero-order valence-corrected chi connectivity index (χ0v) is 9.72. The third-order valence-corrected chi connectivity index (χ3v) is 2.77. The number of fused-ring (bicyclic) bond motifs is 2. The summed E-state index contributed by atoms with van der Waals surface area (Å²) in [5.74, 6) is 0.103. The van der Waals surface area contributed by atoms with Crippen molar-refractivity contribution in [1.82, 2.24) is 0 Å². The van der Waals surface area contributed by atoms with Crippen LogP contribution in [0.1, 0.15) is 20.3 Å². The molecule has 2 aliphatic rings. The second-order valence-electron chi connectivity index (χ2n) is 4.71. The molecule has 0 radical (unpaired) electrons. The summed E-state index contributed by atoms with van der Waals surface area (Å²) in [5.41, 5.74) is 0. The van der Waals surface area contributed by atoms with Gasteiger partial charge in [0.05, 0.1) is 24.7 Å². The van der Waals surface area contributed by atoms with E-state index in [2.05, 4.69) is 13.8 Å². The van der Waals surface area contributed by atoms with Crippen molar-refractivity contribution in [3.63, 3.8) is 0 Å². The molecule has 1 saturated heterocycles. The molecule has 3 unspecified atom stereocenters. The number of esters is 1. The van der Waals surface area contributed by atoms with E-state index < -0.39 is 0 Å². The van der Waals surface area contributed by atoms with Crippen molar-refractivity contribution in [2.45, 2.75) is 32.5 Å². The van der Waals surface area contributed by atoms with Gasteiger partial charge < -0.3 is 14.2 Å². The Hall–Kier alpha value is -0.870. The zero-order valence-electron chi connectivity index (χ0n) is 9.72. The average Bonchev–Trinajstić information content (AvgIpc) is 2.85. The Balaban J connectivity index is 1.67. The van der Waals surface area contributed by atoms with Crippen molar-refractivity contribution < 1.29 is 19.0 Å². The lowest BCUT2D eigenvalue weighted by atomic mass is 9.95. The first-order valence-electron chi connectivity index (χ1n) is 5.75. The van der Waals surface area contributed by atoms with Gasteiger partial charge in [0.15, 0.2) is 6.79 Å². The van der Waals surface area contributed by atoms with Crippen LogP contribution in [0.3, 0.4) is 0 Å². The molecule has 2 aliphatic heterocycles. The number of hydrogen-bond donors (Lipinski definition) is 0. The van der Waals surface area contributed by atoms with Crippen molar-refractivity contribution >= 4 is 5.97 Å². The number of carbonyl (C=O) groups is 1. The van der Waals surface area contributed by atoms with Gasteiger partial charge >= 0.3 is 5.97 Å². The average molecular weight is 226 g/mol. The van der Waals surface area contributed by atoms with E-state index in [-0.39, 0.29) is 30.9 Å². The summed E-state index contributed by atoms with van der Waals surface area (Å²) in [6.45, 7) is 4.77. The first-order valence-corrected chi connectivity index (χ1v) is 5.75. The molecule has 0 spiro atoms. The van der Waals surface area contributed by atoms with Crippen LogP contribution in [0, 0.1) is 11.8 Å². The van der Waals surface area contributed by atoms with Crippen LogP contribution in [0.2, 0.25) is 0 Å². The molecule has 3 atom stereocenters. The maximum atomic E-state index is 11.7. The predicted molar refractivity (Wildman–Crippen MR) is 57.7 cm³/mol. The van der Waals surface area contributed by atoms with Gasteiger partial charge in [-0.3, -0.25) is 4.79 Å². The van der Waals surface area contributed by atoms with E-state index in [0.29, 0.717) is 12.5 Å². The third kappa shape index (κ3) is 2.62. The van der Waals surface area contributed by atoms with Crippen LogP contribution < -0.4 is 0 Å². The van der Waals surface area contributed by atoms with Gasteiger partial charge in [0, 0.05) is 0 Å². The first kappa shape index (κ1) is 11.6. The fourth-order valence-corrected chi connectivity index (χ4v) is 1.99. The van der Waals surface area contributed by atoms with Gasteiger partial charge in [-0.25, -0.2) is 0 Å². The second-order valence-corrected chi connectivity index (χ2v) is 4.71. The molecule has 0 amide bonds. The number of hydrogen-bond acceptors (Lipinski definition) is 4. The Kier molecular flexibility index (Phi) is 3.61. The van der Waals surface area contributed by atoms with Crippen molar-refractivity contribution in [3.05, 3.63) is 12.2 Å². The van der Waals surface area contributed by atoms with Gasteiger partial charge in [-0.15, -0.1) is 0 Å². The topological polar surface area (TPSA) is 44.8 Å². The van der Waals surface area contributed by atoms with Crippen LogP contribution >= 0.6 is 0 Å². The molecule has 2 heterocycles. The molecule has 0 N–H and O–H groups in total. The molecule has 2 rings (SSSR count). The number of rotatable bonds is 5. The Morgan fingerprint density at radius 1 is 1.50 bits per heavy atom. The lowest BCUT2D eigenvalue weighted by molar-refractivity contribution is -0.163. The molecule has 2 bridgehead atoms. The lowest BCUT2D eigenvalue weighted by Crippen LogP contribution is -2.26. The largest absolute Gasteiger partial charge is 0.438 e. The summed E-state index contributed by atoms with van der Waals surface area (Å²) in [6, 6.07) is 0. The Bertz CT molecular complexity index is 285. The van der Waals surface area contributed by atoms with Gasteiger partial charge in [-0.05, 0) is 12.3 Å². The molecule has 0 saturated carbocycles. The third-order valence-electron chi connectivity index (χ3n) is 2.77. The molecule has 0 aromatic carbocycles. The number of carbonyl (C=O) groups excluding carboxylic acids is 1. The molecule has 4 heteroatoms. The SMILES string of the molecule is CC(C)COCOC(=O)C1CC2C=CC1O2. The molecule has 90 valence electrons. The molecular weight excluding hydrogens is 208 g/mol. The first-order chi connectivity index (χ1) is 7.66. The van der Waals surface area contributed by atoms with Crippen LogP contribution in [0.15, 0.2) is 12.2 Å². The van der Waals surface area contributed by atoms with Crippen molar-refractivity contribution in [2.75, 3.05) is 13.4 Å². The maximum absolute atomic E-state index is 11.7. The highest BCUT2D eigenvalue weighted by molar-refractivity contribution is 5.74. The minimum atomic E-state index is -0.208. The van der Waals surface area contributed by atoms with Gasteiger partial charge in [-0.1, -0.05) is 26.0 Å². The van der Waals surface area contributed by atoms with Crippen LogP contribution in [0.4, 0.5) is 0 Å². The van der Waals surface area contributed by atoms with Crippen LogP contribution in [0.5, 0.6) is 0 Å². The molecule has 1 fully saturated rings. The van der Waals surface area contributed by atoms with E-state index in [0.717, 1.165) is 6.42 Å². The summed E-state index contributed by atoms with van der Waals surface area (Å²) >= 11 is 0. The van der Waals surface area contributed by atoms with E-state index in [1.54, 1.807) is 0 Å². The molecule has 0 aromatic heterocycles. The summed E-state index contributed by atoms with van der Waals surface area (Å²) in [6.07, 6.45) is 4.71. The van der Waals surface area contributed by atoms with Gasteiger partial charge in [-0.2, -0.15) is 0 Å². The fourth-order valence-electron chi connectivity index (χ4n) is 1.99. The monoisotopic (exact) mass is 226 g/mol. The molecule has 16 heavy (non-hydrogen) atoms. The smallest absolute Gasteiger partial charge is 0.314 e. The van der Waals surface area contributed by atoms with Crippen molar-refractivity contribution in [1.29, 1.82) is 0 Å². The number of ether oxygens (including phenoxy) is 3. The molecular formula is C12H18O4. The quantitative estimate of drug-likeness (QED) is 0.308. The van der Waals surface area contributed by atoms with Crippen LogP contribution in [0.25, 0.3) is 0 Å². The zero-order chi connectivity index (χ0) is 11.5. The summed E-state index contributed by atoms with van der Waals surface area (Å²) in [4.78, 5) is 11.7. The molecule has 0 aromatic rings. The molecule has 0 aliphatic carbocycles.